The molecule has 10 nitrogen and oxygen atoms in total. The lowest BCUT2D eigenvalue weighted by Crippen LogP contribution is -2.25. The molecule has 0 fully saturated rings. The highest BCUT2D eigenvalue weighted by molar-refractivity contribution is 7.87. The Kier molecular flexibility index (Phi) is 8.69. The van der Waals surface area contributed by atoms with Crippen LogP contribution >= 0.6 is 0 Å². The van der Waals surface area contributed by atoms with E-state index in [4.69, 9.17) is 13.8 Å². The van der Waals surface area contributed by atoms with Gasteiger partial charge in [-0.15, -0.1) is 0 Å². The summed E-state index contributed by atoms with van der Waals surface area (Å²) in [5.41, 5.74) is 2.14. The summed E-state index contributed by atoms with van der Waals surface area (Å²) in [6.07, 6.45) is 3.01. The zero-order chi connectivity index (χ0) is 37.5. The Hall–Kier alpha value is -6.55. The fourth-order valence-corrected chi connectivity index (χ4v) is 8.75. The van der Waals surface area contributed by atoms with E-state index >= 15 is 0 Å². The Bertz CT molecular complexity index is 2760. The van der Waals surface area contributed by atoms with E-state index in [2.05, 4.69) is 11.6 Å². The van der Waals surface area contributed by atoms with E-state index in [1.807, 2.05) is 37.3 Å². The first-order valence-corrected chi connectivity index (χ1v) is 18.9. The molecule has 0 heterocycles. The number of hydrogen-bond donors (Lipinski definition) is 0. The fourth-order valence-electron chi connectivity index (χ4n) is 6.45. The molecule has 0 spiro atoms. The predicted octanol–water partition coefficient (Wildman–Crippen LogP) is 8.05. The van der Waals surface area contributed by atoms with Crippen molar-refractivity contribution in [3.05, 3.63) is 178 Å². The van der Waals surface area contributed by atoms with Gasteiger partial charge in [-0.25, -0.2) is 0 Å². The maximum atomic E-state index is 13.5. The molecule has 53 heavy (non-hydrogen) atoms. The van der Waals surface area contributed by atoms with E-state index < -0.39 is 31.4 Å². The Balaban J connectivity index is 1.18. The van der Waals surface area contributed by atoms with Crippen molar-refractivity contribution in [2.45, 2.75) is 22.1 Å². The number of Topliss-reactive ketones (excluding diaryl/α,β-unsaturated/α-hetero) is 1. The molecule has 0 aliphatic heterocycles. The fraction of sp³-hybridized carbons (Fsp3) is 0.0488. The molecule has 6 aromatic carbocycles. The van der Waals surface area contributed by atoms with Gasteiger partial charge in [0.1, 0.15) is 21.3 Å². The first-order chi connectivity index (χ1) is 25.3. The lowest BCUT2D eigenvalue weighted by atomic mass is 9.71. The van der Waals surface area contributed by atoms with E-state index in [1.54, 1.807) is 42.5 Å². The molecular weight excluding hydrogens is 713 g/mol. The molecule has 0 bridgehead atoms. The van der Waals surface area contributed by atoms with E-state index in [0.717, 1.165) is 16.7 Å². The van der Waals surface area contributed by atoms with Crippen molar-refractivity contribution < 1.29 is 35.1 Å². The maximum absolute atomic E-state index is 13.5. The van der Waals surface area contributed by atoms with Gasteiger partial charge in [0.15, 0.2) is 10.8 Å². The van der Waals surface area contributed by atoms with Crippen LogP contribution in [0.25, 0.3) is 21.8 Å². The second-order valence-electron chi connectivity index (χ2n) is 12.4. The lowest BCUT2D eigenvalue weighted by molar-refractivity contribution is -0.264. The van der Waals surface area contributed by atoms with Crippen molar-refractivity contribution in [2.75, 3.05) is 0 Å². The van der Waals surface area contributed by atoms with Gasteiger partial charge in [-0.2, -0.15) is 16.8 Å². The number of ketones is 1. The van der Waals surface area contributed by atoms with Crippen LogP contribution in [-0.2, 0) is 25.7 Å². The van der Waals surface area contributed by atoms with Gasteiger partial charge in [0.05, 0.1) is 0 Å². The molecule has 0 radical (unpaired) electrons. The standard InChI is InChI=1S/C41H28N2O8S2/c1-26-14-23-32-34(39(26)44)10-6-12-37(32)52(46,47)50-30-19-15-28(16-20-30)41(2,27-8-4-3-5-9-27)29-17-21-31(22-18-29)51-53(48,49)38-13-7-11-35-33(38)24-25-36(43-42)40(35)45/h3-25H,1H2,2H3. The summed E-state index contributed by atoms with van der Waals surface area (Å²) < 4.78 is 64.8. The van der Waals surface area contributed by atoms with Crippen LogP contribution in [0.4, 0.5) is 5.69 Å². The van der Waals surface area contributed by atoms with E-state index in [1.165, 1.54) is 66.7 Å². The Morgan fingerprint density at radius 1 is 0.642 bits per heavy atom. The third-order valence-electron chi connectivity index (χ3n) is 9.28. The molecule has 0 saturated heterocycles. The number of fused-ring (bicyclic) bond motifs is 2. The summed E-state index contributed by atoms with van der Waals surface area (Å²) in [6, 6.07) is 33.9. The first-order valence-electron chi connectivity index (χ1n) is 16.1. The van der Waals surface area contributed by atoms with Gasteiger partial charge in [-0.3, -0.25) is 4.79 Å². The van der Waals surface area contributed by atoms with Crippen LogP contribution in [0.3, 0.4) is 0 Å². The molecule has 1 aliphatic carbocycles. The number of hydrogen-bond acceptors (Lipinski definition) is 9. The number of diazo groups is 1. The minimum absolute atomic E-state index is 0.0309. The van der Waals surface area contributed by atoms with Crippen LogP contribution in [-0.4, -0.2) is 22.6 Å². The number of carbonyl (C=O) groups is 1. The van der Waals surface area contributed by atoms with Crippen LogP contribution in [0.2, 0.25) is 0 Å². The first kappa shape index (κ1) is 34.9. The number of rotatable bonds is 9. The molecule has 12 heteroatoms. The van der Waals surface area contributed by atoms with Crippen LogP contribution in [0, 0.1) is 5.39 Å². The van der Waals surface area contributed by atoms with E-state index in [0.29, 0.717) is 0 Å². The molecule has 0 aromatic heterocycles. The van der Waals surface area contributed by atoms with Crippen molar-refractivity contribution in [1.29, 1.82) is 5.39 Å². The summed E-state index contributed by atoms with van der Waals surface area (Å²) in [6.45, 7) is 5.69. The second kappa shape index (κ2) is 13.2. The third kappa shape index (κ3) is 6.22. The number of benzene rings is 6. The molecule has 0 N–H and O–H groups in total. The summed E-state index contributed by atoms with van der Waals surface area (Å²) in [5.74, 6) is -0.886. The van der Waals surface area contributed by atoms with Crippen molar-refractivity contribution in [2.24, 2.45) is 0 Å². The molecule has 1 atom stereocenters. The number of nitrogens with zero attached hydrogens (tertiary/aromatic N) is 2. The molecule has 0 amide bonds. The SMILES string of the molecule is C=C1C=Cc2c(cccc2S(=O)(=O)Oc2ccc(C(C)(c3ccccc3)c3ccc(OS(=O)(=O)c4cccc5c([O-])c([N+]#N)ccc45)cc3)cc2)C1=O. The average molecular weight is 741 g/mol. The van der Waals surface area contributed by atoms with Crippen LogP contribution in [0.15, 0.2) is 155 Å². The van der Waals surface area contributed by atoms with Crippen LogP contribution in [0.1, 0.15) is 39.5 Å². The highest BCUT2D eigenvalue weighted by Gasteiger charge is 2.32. The molecule has 1 unspecified atom stereocenters. The molecule has 7 rings (SSSR count). The zero-order valence-corrected chi connectivity index (χ0v) is 29.6. The molecule has 1 aliphatic rings. The number of carbonyl (C=O) groups excluding carboxylic acids is 1. The van der Waals surface area contributed by atoms with Crippen molar-refractivity contribution >= 4 is 48.6 Å². The summed E-state index contributed by atoms with van der Waals surface area (Å²) >= 11 is 0. The van der Waals surface area contributed by atoms with Gasteiger partial charge in [-0.05, 0) is 77.2 Å². The smallest absolute Gasteiger partial charge is 0.378 e. The topological polar surface area (TPSA) is 155 Å². The Morgan fingerprint density at radius 2 is 1.19 bits per heavy atom. The lowest BCUT2D eigenvalue weighted by Gasteiger charge is -2.32. The monoisotopic (exact) mass is 740 g/mol. The van der Waals surface area contributed by atoms with Gasteiger partial charge in [0.25, 0.3) is 0 Å². The molecule has 262 valence electrons. The third-order valence-corrected chi connectivity index (χ3v) is 11.9. The van der Waals surface area contributed by atoms with Crippen molar-refractivity contribution in [1.82, 2.24) is 0 Å². The molecule has 6 aromatic rings. The highest BCUT2D eigenvalue weighted by atomic mass is 32.2. The summed E-state index contributed by atoms with van der Waals surface area (Å²) in [4.78, 5) is 15.2. The van der Waals surface area contributed by atoms with Gasteiger partial charge in [0.2, 0.25) is 5.39 Å². The normalized spacial score (nSPS) is 13.9. The van der Waals surface area contributed by atoms with Gasteiger partial charge >= 0.3 is 25.9 Å². The Labute approximate surface area is 305 Å². The van der Waals surface area contributed by atoms with Gasteiger partial charge in [-0.1, -0.05) is 97.6 Å². The minimum Gasteiger partial charge on any atom is -0.867 e. The largest absolute Gasteiger partial charge is 0.867 e. The van der Waals surface area contributed by atoms with E-state index in [-0.39, 0.29) is 60.2 Å². The summed E-state index contributed by atoms with van der Waals surface area (Å²) in [5, 5.41) is 21.9. The van der Waals surface area contributed by atoms with Crippen molar-refractivity contribution in [3.8, 4) is 17.2 Å². The maximum Gasteiger partial charge on any atom is 0.378 e. The van der Waals surface area contributed by atoms with E-state index in [9.17, 15) is 26.7 Å². The van der Waals surface area contributed by atoms with Crippen LogP contribution in [0.5, 0.6) is 17.2 Å². The molecular formula is C41H28N2O8S2. The second-order valence-corrected chi connectivity index (χ2v) is 15.4. The zero-order valence-electron chi connectivity index (χ0n) is 28.0. The highest BCUT2D eigenvalue weighted by Crippen LogP contribution is 2.41. The minimum atomic E-state index is -4.40. The van der Waals surface area contributed by atoms with Crippen LogP contribution < -0.4 is 13.5 Å². The number of allylic oxidation sites excluding steroid dienone is 2. The quantitative estimate of drug-likeness (QED) is 0.0620. The predicted molar refractivity (Wildman–Crippen MR) is 198 cm³/mol. The molecule has 0 saturated carbocycles. The Morgan fingerprint density at radius 3 is 1.79 bits per heavy atom. The van der Waals surface area contributed by atoms with Crippen molar-refractivity contribution in [3.63, 3.8) is 0 Å². The average Bonchev–Trinajstić information content (AvgIpc) is 3.16. The van der Waals surface area contributed by atoms with Gasteiger partial charge in [0, 0.05) is 33.6 Å². The van der Waals surface area contributed by atoms with Gasteiger partial charge < -0.3 is 13.5 Å². The summed E-state index contributed by atoms with van der Waals surface area (Å²) in [7, 11) is -8.73.